The van der Waals surface area contributed by atoms with E-state index in [1.54, 1.807) is 29.0 Å². The SMILES string of the molecule is Cc1c(CC(=O)N2C[C@H]3C=C(c4ccccn4)[C@@H]2C3)c(=O)[nH]c2ccc(F)c(F)c12.Cc1c(CC(=O)N2C[C@H]3C[C@@H]2C=C3c2ncc(F)cc2F)c(=O)[nH]c2ccc(F)c(F)c12.[HH].[HH]. The minimum atomic E-state index is -1.08. The van der Waals surface area contributed by atoms with Crippen LogP contribution in [0, 0.1) is 60.6 Å². The molecule has 62 heavy (non-hydrogen) atoms. The first kappa shape index (κ1) is 40.6. The molecule has 2 N–H and O–H groups in total. The summed E-state index contributed by atoms with van der Waals surface area (Å²) in [4.78, 5) is 67.9. The van der Waals surface area contributed by atoms with E-state index in [4.69, 9.17) is 0 Å². The Labute approximate surface area is 351 Å². The molecule has 0 unspecified atom stereocenters. The number of aryl methyl sites for hydroxylation is 2. The number of hydrogen-bond donors (Lipinski definition) is 2. The third-order valence-electron chi connectivity index (χ3n) is 12.5. The first-order valence-corrected chi connectivity index (χ1v) is 19.9. The number of aromatic amines is 2. The first-order chi connectivity index (χ1) is 29.7. The van der Waals surface area contributed by atoms with E-state index < -0.39 is 46.0 Å². The zero-order valence-corrected chi connectivity index (χ0v) is 33.2. The van der Waals surface area contributed by atoms with Crippen molar-refractivity contribution in [3.05, 3.63) is 162 Å². The second-order valence-corrected chi connectivity index (χ2v) is 16.1. The van der Waals surface area contributed by atoms with Gasteiger partial charge in [0.05, 0.1) is 47.8 Å². The number of carbonyl (C=O) groups is 2. The molecular weight excluding hydrogens is 815 g/mol. The summed E-state index contributed by atoms with van der Waals surface area (Å²) in [5, 5.41) is -0.0511. The molecule has 10 nitrogen and oxygen atoms in total. The second-order valence-electron chi connectivity index (χ2n) is 16.1. The summed E-state index contributed by atoms with van der Waals surface area (Å²) in [6.07, 6.45) is 7.56. The van der Waals surface area contributed by atoms with Crippen LogP contribution < -0.4 is 11.1 Å². The Morgan fingerprint density at radius 3 is 1.87 bits per heavy atom. The highest BCUT2D eigenvalue weighted by Gasteiger charge is 2.44. The number of benzene rings is 2. The van der Waals surface area contributed by atoms with Gasteiger partial charge in [0.2, 0.25) is 11.8 Å². The Kier molecular flexibility index (Phi) is 10.2. The van der Waals surface area contributed by atoms with Gasteiger partial charge >= 0.3 is 0 Å². The Balaban J connectivity index is 0.000000186. The summed E-state index contributed by atoms with van der Waals surface area (Å²) in [6, 6.07) is 10.6. The summed E-state index contributed by atoms with van der Waals surface area (Å²) in [6.45, 7) is 3.94. The molecule has 2 aliphatic heterocycles. The Morgan fingerprint density at radius 2 is 1.34 bits per heavy atom. The third kappa shape index (κ3) is 6.96. The van der Waals surface area contributed by atoms with Crippen molar-refractivity contribution in [2.45, 2.75) is 51.6 Å². The van der Waals surface area contributed by atoms with Gasteiger partial charge in [0.1, 0.15) is 11.5 Å². The zero-order chi connectivity index (χ0) is 43.7. The lowest BCUT2D eigenvalue weighted by Gasteiger charge is -2.28. The molecule has 2 fully saturated rings. The number of hydrogen-bond acceptors (Lipinski definition) is 6. The van der Waals surface area contributed by atoms with E-state index in [2.05, 4.69) is 26.0 Å². The summed E-state index contributed by atoms with van der Waals surface area (Å²) >= 11 is 0. The maximum atomic E-state index is 14.4. The lowest BCUT2D eigenvalue weighted by atomic mass is 9.98. The number of amides is 2. The van der Waals surface area contributed by atoms with Crippen LogP contribution >= 0.6 is 0 Å². The predicted molar refractivity (Wildman–Crippen MR) is 222 cm³/mol. The maximum Gasteiger partial charge on any atom is 0.252 e. The fourth-order valence-corrected chi connectivity index (χ4v) is 9.51. The molecule has 16 heteroatoms. The lowest BCUT2D eigenvalue weighted by molar-refractivity contribution is -0.131. The highest BCUT2D eigenvalue weighted by molar-refractivity contribution is 5.89. The van der Waals surface area contributed by atoms with Crippen LogP contribution in [-0.2, 0) is 22.4 Å². The van der Waals surface area contributed by atoms with Crippen molar-refractivity contribution in [1.82, 2.24) is 29.7 Å². The van der Waals surface area contributed by atoms with Gasteiger partial charge in [-0.3, -0.25) is 29.1 Å². The minimum absolute atomic E-state index is 0. The molecule has 0 radical (unpaired) electrons. The molecule has 4 atom stereocenters. The van der Waals surface area contributed by atoms with E-state index in [1.807, 2.05) is 18.2 Å². The zero-order valence-electron chi connectivity index (χ0n) is 33.2. The Hall–Kier alpha value is -6.84. The quantitative estimate of drug-likeness (QED) is 0.167. The van der Waals surface area contributed by atoms with Gasteiger partial charge in [-0.15, -0.1) is 0 Å². The van der Waals surface area contributed by atoms with Crippen LogP contribution in [-0.4, -0.2) is 66.7 Å². The maximum absolute atomic E-state index is 14.4. The third-order valence-corrected chi connectivity index (χ3v) is 12.5. The predicted octanol–water partition coefficient (Wildman–Crippen LogP) is 7.50. The molecule has 4 aromatic heterocycles. The van der Waals surface area contributed by atoms with E-state index in [0.29, 0.717) is 30.6 Å². The van der Waals surface area contributed by atoms with Crippen molar-refractivity contribution < 1.29 is 38.8 Å². The Bertz CT molecular complexity index is 3070. The number of nitrogens with zero attached hydrogens (tertiary/aromatic N) is 4. The molecule has 0 saturated carbocycles. The monoisotopic (exact) mass is 854 g/mol. The largest absolute Gasteiger partial charge is 0.335 e. The van der Waals surface area contributed by atoms with Crippen molar-refractivity contribution in [1.29, 1.82) is 0 Å². The molecule has 4 bridgehead atoms. The average Bonchev–Trinajstić information content (AvgIpc) is 4.06. The number of carbonyl (C=O) groups excluding carboxylic acids is 2. The van der Waals surface area contributed by atoms with Crippen LogP contribution in [0.1, 0.15) is 49.3 Å². The van der Waals surface area contributed by atoms with Crippen LogP contribution in [0.25, 0.3) is 33.0 Å². The van der Waals surface area contributed by atoms with Gasteiger partial charge in [0.25, 0.3) is 11.1 Å². The molecule has 10 rings (SSSR count). The number of nitrogens with one attached hydrogen (secondary N) is 2. The molecule has 4 aliphatic rings. The molecule has 2 amide bonds. The van der Waals surface area contributed by atoms with Gasteiger partial charge in [-0.25, -0.2) is 26.3 Å². The molecule has 0 spiro atoms. The van der Waals surface area contributed by atoms with Crippen molar-refractivity contribution in [3.8, 4) is 0 Å². The smallest absolute Gasteiger partial charge is 0.252 e. The molecule has 2 saturated heterocycles. The van der Waals surface area contributed by atoms with Crippen molar-refractivity contribution >= 4 is 44.8 Å². The highest BCUT2D eigenvalue weighted by atomic mass is 19.2. The summed E-state index contributed by atoms with van der Waals surface area (Å²) in [7, 11) is 0. The number of halogens is 6. The van der Waals surface area contributed by atoms with E-state index in [-0.39, 0.29) is 95.6 Å². The minimum Gasteiger partial charge on any atom is -0.335 e. The molecule has 2 aliphatic carbocycles. The van der Waals surface area contributed by atoms with Crippen molar-refractivity contribution in [2.75, 3.05) is 13.1 Å². The normalized spacial score (nSPS) is 19.9. The number of rotatable bonds is 6. The number of likely N-dealkylation sites (tertiary alicyclic amines) is 2. The number of aromatic nitrogens is 4. The van der Waals surface area contributed by atoms with Crippen LogP contribution in [0.4, 0.5) is 26.3 Å². The van der Waals surface area contributed by atoms with E-state index in [9.17, 15) is 45.5 Å². The number of H-pyrrole nitrogens is 2. The van der Waals surface area contributed by atoms with Gasteiger partial charge < -0.3 is 19.8 Å². The highest BCUT2D eigenvalue weighted by Crippen LogP contribution is 2.43. The fourth-order valence-electron chi connectivity index (χ4n) is 9.51. The van der Waals surface area contributed by atoms with Crippen LogP contribution in [0.3, 0.4) is 0 Å². The van der Waals surface area contributed by atoms with Crippen LogP contribution in [0.5, 0.6) is 0 Å². The van der Waals surface area contributed by atoms with Gasteiger partial charge in [-0.2, -0.15) is 0 Å². The standard InChI is InChI=1S/C23H17F4N3O2.C23H19F2N3O2.2H2/c1-10-14(23(32)29-18-3-2-16(25)21(27)20(10)18)7-19(31)30-9-11-4-13(30)6-15(11)22-17(26)5-12(24)8-28-22;1-12-14(23(30)27-18-6-5-16(24)22(25)21(12)18)10-20(29)28-11-13-8-15(19(28)9-13)17-4-2-3-7-26-17;;/h2-3,5-6,8,11,13H,4,7,9H2,1H3,(H,29,32);2-8,13,19H,9-11H2,1H3,(H,27,30);2*1H/t11-,13-;13-,19-;;/m10../s1. The molecule has 320 valence electrons. The second kappa shape index (κ2) is 15.6. The van der Waals surface area contributed by atoms with Gasteiger partial charge in [-0.1, -0.05) is 18.2 Å². The van der Waals surface area contributed by atoms with Crippen LogP contribution in [0.15, 0.2) is 82.7 Å². The van der Waals surface area contributed by atoms with E-state index in [1.165, 1.54) is 19.1 Å². The number of fused-ring (bicyclic) bond motifs is 6. The van der Waals surface area contributed by atoms with Crippen LogP contribution in [0.2, 0.25) is 0 Å². The first-order valence-electron chi connectivity index (χ1n) is 19.9. The summed E-state index contributed by atoms with van der Waals surface area (Å²) in [5.41, 5.74) is 2.72. The number of pyridine rings is 4. The van der Waals surface area contributed by atoms with Gasteiger partial charge in [0.15, 0.2) is 29.1 Å². The summed E-state index contributed by atoms with van der Waals surface area (Å²) in [5.74, 6) is -6.08. The van der Waals surface area contributed by atoms with E-state index in [0.717, 1.165) is 42.1 Å². The van der Waals surface area contributed by atoms with Gasteiger partial charge in [0, 0.05) is 56.0 Å². The van der Waals surface area contributed by atoms with Crippen molar-refractivity contribution in [3.63, 3.8) is 0 Å². The topological polar surface area (TPSA) is 132 Å². The molecule has 6 aromatic rings. The van der Waals surface area contributed by atoms with E-state index >= 15 is 0 Å². The molecule has 6 heterocycles. The fraction of sp³-hybridized carbons (Fsp3) is 0.261. The van der Waals surface area contributed by atoms with Crippen molar-refractivity contribution in [2.24, 2.45) is 11.8 Å². The lowest BCUT2D eigenvalue weighted by Crippen LogP contribution is -2.39. The molecule has 2 aromatic carbocycles. The van der Waals surface area contributed by atoms with Gasteiger partial charge in [-0.05, 0) is 91.3 Å². The summed E-state index contributed by atoms with van der Waals surface area (Å²) < 4.78 is 83.4. The Morgan fingerprint density at radius 1 is 0.726 bits per heavy atom. The molecular formula is C46H40F6N6O4. The average molecular weight is 855 g/mol.